The average Bonchev–Trinajstić information content (AvgIpc) is 2.56. The van der Waals surface area contributed by atoms with Crippen molar-refractivity contribution in [2.75, 3.05) is 26.7 Å². The van der Waals surface area contributed by atoms with Gasteiger partial charge in [0, 0.05) is 25.6 Å². The van der Waals surface area contributed by atoms with Gasteiger partial charge in [0.05, 0.1) is 6.54 Å². The summed E-state index contributed by atoms with van der Waals surface area (Å²) in [6.45, 7) is -1.00. The molecule has 138 valence electrons. The van der Waals surface area contributed by atoms with E-state index >= 15 is 0 Å². The quantitative estimate of drug-likeness (QED) is 0.803. The molecule has 25 heavy (non-hydrogen) atoms. The van der Waals surface area contributed by atoms with Gasteiger partial charge in [0.1, 0.15) is 5.75 Å². The summed E-state index contributed by atoms with van der Waals surface area (Å²) in [4.78, 5) is 27.1. The summed E-state index contributed by atoms with van der Waals surface area (Å²) in [7, 11) is 1.82. The highest BCUT2D eigenvalue weighted by atomic mass is 19.3. The molecule has 8 heteroatoms. The maximum absolute atomic E-state index is 12.3. The van der Waals surface area contributed by atoms with Crippen LogP contribution in [0.25, 0.3) is 0 Å². The highest BCUT2D eigenvalue weighted by Crippen LogP contribution is 2.18. The first-order chi connectivity index (χ1) is 11.8. The average molecular weight is 355 g/mol. The lowest BCUT2D eigenvalue weighted by molar-refractivity contribution is -0.135. The molecule has 0 unspecified atom stereocenters. The number of carbonyl (C=O) groups is 2. The zero-order valence-corrected chi connectivity index (χ0v) is 14.2. The van der Waals surface area contributed by atoms with Gasteiger partial charge in [-0.25, -0.2) is 0 Å². The first-order valence-corrected chi connectivity index (χ1v) is 8.14. The second kappa shape index (κ2) is 8.75. The first-order valence-electron chi connectivity index (χ1n) is 8.14. The van der Waals surface area contributed by atoms with Crippen molar-refractivity contribution in [3.63, 3.8) is 0 Å². The van der Waals surface area contributed by atoms with Crippen molar-refractivity contribution in [1.29, 1.82) is 0 Å². The van der Waals surface area contributed by atoms with E-state index in [9.17, 15) is 18.4 Å². The minimum Gasteiger partial charge on any atom is -0.435 e. The molecular weight excluding hydrogens is 332 g/mol. The summed E-state index contributed by atoms with van der Waals surface area (Å²) in [5.41, 5.74) is 6.18. The van der Waals surface area contributed by atoms with Gasteiger partial charge in [-0.2, -0.15) is 8.78 Å². The molecule has 0 aliphatic carbocycles. The minimum atomic E-state index is -2.84. The molecule has 0 aromatic heterocycles. The molecule has 1 aliphatic rings. The van der Waals surface area contributed by atoms with Crippen LogP contribution >= 0.6 is 0 Å². The fourth-order valence-corrected chi connectivity index (χ4v) is 2.89. The molecule has 1 aliphatic heterocycles. The number of ether oxygens (including phenoxy) is 1. The number of hydrogen-bond donors (Lipinski definition) is 1. The molecule has 1 aromatic carbocycles. The van der Waals surface area contributed by atoms with Gasteiger partial charge >= 0.3 is 6.61 Å². The summed E-state index contributed by atoms with van der Waals surface area (Å²) >= 11 is 0. The Bertz CT molecular complexity index is 587. The smallest absolute Gasteiger partial charge is 0.387 e. The Kier molecular flexibility index (Phi) is 6.69. The number of rotatable bonds is 7. The Labute approximate surface area is 145 Å². The zero-order valence-electron chi connectivity index (χ0n) is 14.2. The van der Waals surface area contributed by atoms with Crippen molar-refractivity contribution in [2.24, 2.45) is 11.7 Å². The third-order valence-corrected chi connectivity index (χ3v) is 4.26. The van der Waals surface area contributed by atoms with Crippen molar-refractivity contribution in [3.05, 3.63) is 29.8 Å². The predicted octanol–water partition coefficient (Wildman–Crippen LogP) is 1.44. The Morgan fingerprint density at radius 1 is 1.28 bits per heavy atom. The van der Waals surface area contributed by atoms with Crippen molar-refractivity contribution in [2.45, 2.75) is 26.0 Å². The van der Waals surface area contributed by atoms with Gasteiger partial charge in [-0.3, -0.25) is 14.5 Å². The van der Waals surface area contributed by atoms with Crippen molar-refractivity contribution >= 4 is 11.8 Å². The van der Waals surface area contributed by atoms with Gasteiger partial charge < -0.3 is 15.4 Å². The van der Waals surface area contributed by atoms with Gasteiger partial charge in [-0.05, 0) is 37.6 Å². The largest absolute Gasteiger partial charge is 0.435 e. The number of nitrogens with two attached hydrogens (primary N) is 1. The second-order valence-corrected chi connectivity index (χ2v) is 6.25. The Morgan fingerprint density at radius 3 is 2.40 bits per heavy atom. The van der Waals surface area contributed by atoms with Crippen molar-refractivity contribution in [1.82, 2.24) is 9.80 Å². The Hall–Kier alpha value is -2.22. The molecule has 0 bridgehead atoms. The van der Waals surface area contributed by atoms with Gasteiger partial charge in [0.15, 0.2) is 0 Å². The maximum Gasteiger partial charge on any atom is 0.387 e. The van der Waals surface area contributed by atoms with Crippen LogP contribution in [-0.2, 0) is 16.1 Å². The Balaban J connectivity index is 1.78. The zero-order chi connectivity index (χ0) is 18.4. The van der Waals surface area contributed by atoms with Crippen LogP contribution in [0.15, 0.2) is 24.3 Å². The van der Waals surface area contributed by atoms with Crippen LogP contribution in [0, 0.1) is 5.92 Å². The van der Waals surface area contributed by atoms with E-state index in [1.807, 2.05) is 11.9 Å². The minimum absolute atomic E-state index is 0.00285. The van der Waals surface area contributed by atoms with E-state index in [0.717, 1.165) is 5.56 Å². The molecular formula is C17H23F2N3O3. The topological polar surface area (TPSA) is 75.9 Å². The standard InChI is InChI=1S/C17H23F2N3O3/c1-21(10-12-2-4-14(5-3-12)25-17(18)19)11-15(23)22-8-6-13(7-9-22)16(20)24/h2-5,13,17H,6-11H2,1H3,(H2,20,24). The van der Waals surface area contributed by atoms with Gasteiger partial charge in [-0.1, -0.05) is 12.1 Å². The fraction of sp³-hybridized carbons (Fsp3) is 0.529. The van der Waals surface area contributed by atoms with Crippen molar-refractivity contribution < 1.29 is 23.1 Å². The highest BCUT2D eigenvalue weighted by molar-refractivity contribution is 5.80. The number of amides is 2. The number of halogens is 2. The number of piperidine rings is 1. The molecule has 1 fully saturated rings. The van der Waals surface area contributed by atoms with E-state index in [2.05, 4.69) is 4.74 Å². The van der Waals surface area contributed by atoms with Crippen LogP contribution in [0.3, 0.4) is 0 Å². The van der Waals surface area contributed by atoms with Crippen molar-refractivity contribution in [3.8, 4) is 5.75 Å². The molecule has 0 radical (unpaired) electrons. The van der Waals surface area contributed by atoms with Crippen LogP contribution in [-0.4, -0.2) is 54.9 Å². The van der Waals surface area contributed by atoms with E-state index in [1.165, 1.54) is 12.1 Å². The fourth-order valence-electron chi connectivity index (χ4n) is 2.89. The maximum atomic E-state index is 12.3. The number of carbonyl (C=O) groups excluding carboxylic acids is 2. The molecule has 1 aromatic rings. The van der Waals surface area contributed by atoms with Gasteiger partial charge in [0.25, 0.3) is 0 Å². The third kappa shape index (κ3) is 5.97. The number of likely N-dealkylation sites (tertiary alicyclic amines) is 1. The number of primary amides is 1. The van der Waals surface area contributed by atoms with Gasteiger partial charge in [0.2, 0.25) is 11.8 Å². The lowest BCUT2D eigenvalue weighted by atomic mass is 9.96. The molecule has 2 amide bonds. The number of benzene rings is 1. The predicted molar refractivity (Wildman–Crippen MR) is 87.9 cm³/mol. The first kappa shape index (κ1) is 19.1. The molecule has 2 N–H and O–H groups in total. The second-order valence-electron chi connectivity index (χ2n) is 6.25. The molecule has 0 saturated carbocycles. The van der Waals surface area contributed by atoms with Crippen LogP contribution in [0.4, 0.5) is 8.78 Å². The summed E-state index contributed by atoms with van der Waals surface area (Å²) in [5, 5.41) is 0. The van der Waals surface area contributed by atoms with E-state index in [0.29, 0.717) is 32.5 Å². The van der Waals surface area contributed by atoms with E-state index in [4.69, 9.17) is 5.73 Å². The Morgan fingerprint density at radius 2 is 1.88 bits per heavy atom. The molecule has 1 saturated heterocycles. The normalized spacial score (nSPS) is 15.6. The molecule has 0 spiro atoms. The summed E-state index contributed by atoms with van der Waals surface area (Å²) in [6.07, 6.45) is 1.22. The molecule has 0 atom stereocenters. The van der Waals surface area contributed by atoms with E-state index < -0.39 is 6.61 Å². The molecule has 2 rings (SSSR count). The summed E-state index contributed by atoms with van der Waals surface area (Å²) in [5.74, 6) is -0.336. The SMILES string of the molecule is CN(CC(=O)N1CCC(C(N)=O)CC1)Cc1ccc(OC(F)F)cc1. The number of alkyl halides is 2. The van der Waals surface area contributed by atoms with Crippen LogP contribution < -0.4 is 10.5 Å². The van der Waals surface area contributed by atoms with Crippen LogP contribution in [0.5, 0.6) is 5.75 Å². The van der Waals surface area contributed by atoms with E-state index in [1.54, 1.807) is 17.0 Å². The lowest BCUT2D eigenvalue weighted by Crippen LogP contribution is -2.45. The highest BCUT2D eigenvalue weighted by Gasteiger charge is 2.26. The van der Waals surface area contributed by atoms with Crippen LogP contribution in [0.1, 0.15) is 18.4 Å². The number of hydrogen-bond acceptors (Lipinski definition) is 4. The molecule has 6 nitrogen and oxygen atoms in total. The molecule has 1 heterocycles. The van der Waals surface area contributed by atoms with E-state index in [-0.39, 0.29) is 30.0 Å². The third-order valence-electron chi connectivity index (χ3n) is 4.26. The number of likely N-dealkylation sites (N-methyl/N-ethyl adjacent to an activating group) is 1. The van der Waals surface area contributed by atoms with Crippen LogP contribution in [0.2, 0.25) is 0 Å². The monoisotopic (exact) mass is 355 g/mol. The lowest BCUT2D eigenvalue weighted by Gasteiger charge is -2.31. The summed E-state index contributed by atoms with van der Waals surface area (Å²) in [6, 6.07) is 6.34. The number of nitrogens with zero attached hydrogens (tertiary/aromatic N) is 2. The van der Waals surface area contributed by atoms with Gasteiger partial charge in [-0.15, -0.1) is 0 Å². The summed E-state index contributed by atoms with van der Waals surface area (Å²) < 4.78 is 28.5.